The van der Waals surface area contributed by atoms with Crippen molar-refractivity contribution < 1.29 is 24.9 Å². The number of benzene rings is 2. The summed E-state index contributed by atoms with van der Waals surface area (Å²) >= 11 is 0. The summed E-state index contributed by atoms with van der Waals surface area (Å²) in [7, 11) is 0. The molecule has 0 aliphatic heterocycles. The third kappa shape index (κ3) is 2.21. The first-order valence-electron chi connectivity index (χ1n) is 9.99. The summed E-state index contributed by atoms with van der Waals surface area (Å²) in [6.07, 6.45) is 3.75. The smallest absolute Gasteiger partial charge is 0.172 e. The van der Waals surface area contributed by atoms with Gasteiger partial charge < -0.3 is 15.3 Å². The Kier molecular flexibility index (Phi) is 3.72. The predicted molar refractivity (Wildman–Crippen MR) is 111 cm³/mol. The van der Waals surface area contributed by atoms with Crippen molar-refractivity contribution in [2.75, 3.05) is 0 Å². The Labute approximate surface area is 174 Å². The summed E-state index contributed by atoms with van der Waals surface area (Å²) in [5, 5.41) is 30.5. The van der Waals surface area contributed by atoms with Crippen LogP contribution >= 0.6 is 0 Å². The summed E-state index contributed by atoms with van der Waals surface area (Å²) in [6.45, 7) is 3.38. The fraction of sp³-hybridized carbons (Fsp3) is 0.280. The lowest BCUT2D eigenvalue weighted by Crippen LogP contribution is -2.66. The van der Waals surface area contributed by atoms with Crippen LogP contribution in [0.1, 0.15) is 25.0 Å². The number of carbonyl (C=O) groups is 2. The molecule has 0 saturated heterocycles. The molecule has 4 aliphatic carbocycles. The number of hydrogen-bond acceptors (Lipinski definition) is 5. The summed E-state index contributed by atoms with van der Waals surface area (Å²) in [4.78, 5) is 27.1. The number of ketones is 2. The zero-order chi connectivity index (χ0) is 21.4. The topological polar surface area (TPSA) is 94.8 Å². The molecule has 2 bridgehead atoms. The van der Waals surface area contributed by atoms with Crippen LogP contribution < -0.4 is 0 Å². The highest BCUT2D eigenvalue weighted by molar-refractivity contribution is 6.26. The number of allylic oxidation sites excluding steroid dienone is 3. The molecule has 1 saturated carbocycles. The van der Waals surface area contributed by atoms with E-state index in [1.165, 1.54) is 19.1 Å². The van der Waals surface area contributed by atoms with E-state index in [0.717, 1.165) is 11.1 Å². The monoisotopic (exact) mass is 402 g/mol. The fourth-order valence-corrected chi connectivity index (χ4v) is 5.77. The van der Waals surface area contributed by atoms with E-state index in [0.29, 0.717) is 11.1 Å². The Morgan fingerprint density at radius 2 is 1.47 bits per heavy atom. The molecule has 0 unspecified atom stereocenters. The van der Waals surface area contributed by atoms with Crippen molar-refractivity contribution in [1.29, 1.82) is 0 Å². The minimum Gasteiger partial charge on any atom is -0.508 e. The molecule has 5 atom stereocenters. The number of aliphatic hydroxyl groups is 1. The molecule has 0 amide bonds. The summed E-state index contributed by atoms with van der Waals surface area (Å²) in [5.74, 6) is -2.16. The van der Waals surface area contributed by atoms with Crippen molar-refractivity contribution >= 4 is 17.1 Å². The molecule has 6 rings (SSSR count). The Morgan fingerprint density at radius 3 is 2.07 bits per heavy atom. The van der Waals surface area contributed by atoms with Gasteiger partial charge >= 0.3 is 0 Å². The van der Waals surface area contributed by atoms with E-state index in [1.54, 1.807) is 36.4 Å². The quantitative estimate of drug-likeness (QED) is 0.671. The number of Topliss-reactive ketones (excluding diaryl/α,β-unsaturated/α-hetero) is 2. The van der Waals surface area contributed by atoms with Gasteiger partial charge in [0.2, 0.25) is 0 Å². The maximum atomic E-state index is 13.7. The standard InChI is InChI=1S/C25H22O5/c1-13-11-19-21-22(28)18(14-3-7-16(26)8-4-14)12-25(21,15-5-9-17(27)10-6-15)20(13)23(29)24(19,2)30/h3-12,19-21,26-27,30H,1-2H3/t19-,20-,21-,24+,25+/m0/s1. The average molecular weight is 402 g/mol. The number of phenolic OH excluding ortho intramolecular Hbond substituents is 2. The number of phenols is 2. The molecule has 3 N–H and O–H groups in total. The highest BCUT2D eigenvalue weighted by Crippen LogP contribution is 2.63. The van der Waals surface area contributed by atoms with Gasteiger partial charge in [-0.05, 0) is 49.2 Å². The molecule has 2 aromatic carbocycles. The van der Waals surface area contributed by atoms with Crippen LogP contribution in [-0.4, -0.2) is 32.5 Å². The van der Waals surface area contributed by atoms with Crippen LogP contribution in [0.5, 0.6) is 11.5 Å². The van der Waals surface area contributed by atoms with Gasteiger partial charge in [0.05, 0.1) is 5.92 Å². The molecule has 0 aromatic heterocycles. The van der Waals surface area contributed by atoms with Crippen LogP contribution in [0.3, 0.4) is 0 Å². The van der Waals surface area contributed by atoms with Crippen molar-refractivity contribution in [2.24, 2.45) is 17.8 Å². The van der Waals surface area contributed by atoms with Crippen molar-refractivity contribution in [1.82, 2.24) is 0 Å². The molecule has 0 heterocycles. The Morgan fingerprint density at radius 1 is 0.900 bits per heavy atom. The van der Waals surface area contributed by atoms with E-state index in [9.17, 15) is 24.9 Å². The maximum Gasteiger partial charge on any atom is 0.172 e. The molecule has 2 aromatic rings. The molecule has 1 fully saturated rings. The first kappa shape index (κ1) is 18.8. The molecule has 30 heavy (non-hydrogen) atoms. The average Bonchev–Trinajstić information content (AvgIpc) is 3.01. The maximum absolute atomic E-state index is 13.7. The number of rotatable bonds is 2. The van der Waals surface area contributed by atoms with Crippen molar-refractivity contribution in [3.63, 3.8) is 0 Å². The Bertz CT molecular complexity index is 1140. The van der Waals surface area contributed by atoms with E-state index in [-0.39, 0.29) is 23.1 Å². The lowest BCUT2D eigenvalue weighted by molar-refractivity contribution is -0.160. The van der Waals surface area contributed by atoms with E-state index in [4.69, 9.17) is 0 Å². The van der Waals surface area contributed by atoms with Crippen LogP contribution in [-0.2, 0) is 15.0 Å². The second kappa shape index (κ2) is 5.92. The highest BCUT2D eigenvalue weighted by Gasteiger charge is 2.69. The van der Waals surface area contributed by atoms with Gasteiger partial charge in [-0.1, -0.05) is 42.0 Å². The third-order valence-electron chi connectivity index (χ3n) is 7.14. The lowest BCUT2D eigenvalue weighted by atomic mass is 9.45. The van der Waals surface area contributed by atoms with E-state index in [2.05, 4.69) is 0 Å². The molecule has 152 valence electrons. The summed E-state index contributed by atoms with van der Waals surface area (Å²) in [5.41, 5.74) is 0.200. The molecule has 5 nitrogen and oxygen atoms in total. The van der Waals surface area contributed by atoms with Gasteiger partial charge in [-0.25, -0.2) is 0 Å². The van der Waals surface area contributed by atoms with Crippen LogP contribution in [0.25, 0.3) is 5.57 Å². The van der Waals surface area contributed by atoms with Crippen molar-refractivity contribution in [3.8, 4) is 11.5 Å². The largest absolute Gasteiger partial charge is 0.508 e. The predicted octanol–water partition coefficient (Wildman–Crippen LogP) is 3.14. The SMILES string of the molecule is CC1=C[C@H]2[C@H]3C(=O)C(c4ccc(O)cc4)=C[C@@]3(c3ccc(O)cc3)[C@@H]1C(=O)[C@]2(C)O. The van der Waals surface area contributed by atoms with Gasteiger partial charge in [-0.15, -0.1) is 0 Å². The Hall–Kier alpha value is -3.18. The molecule has 0 radical (unpaired) electrons. The van der Waals surface area contributed by atoms with Gasteiger partial charge in [0.1, 0.15) is 17.1 Å². The van der Waals surface area contributed by atoms with Crippen molar-refractivity contribution in [3.05, 3.63) is 77.4 Å². The molecular formula is C25H22O5. The van der Waals surface area contributed by atoms with Crippen LogP contribution in [0.4, 0.5) is 0 Å². The second-order valence-electron chi connectivity index (χ2n) is 8.81. The van der Waals surface area contributed by atoms with Crippen LogP contribution in [0, 0.1) is 17.8 Å². The normalized spacial score (nSPS) is 34.6. The number of hydrogen-bond donors (Lipinski definition) is 3. The number of fused-ring (bicyclic) bond motifs is 1. The number of carbonyl (C=O) groups excluding carboxylic acids is 2. The van der Waals surface area contributed by atoms with Gasteiger partial charge in [0.25, 0.3) is 0 Å². The molecule has 5 heteroatoms. The van der Waals surface area contributed by atoms with Crippen LogP contribution in [0.2, 0.25) is 0 Å². The molecule has 0 spiro atoms. The third-order valence-corrected chi connectivity index (χ3v) is 7.14. The zero-order valence-corrected chi connectivity index (χ0v) is 16.7. The van der Waals surface area contributed by atoms with E-state index < -0.39 is 28.8 Å². The minimum absolute atomic E-state index is 0.102. The molecule has 4 aliphatic rings. The number of aromatic hydroxyl groups is 2. The van der Waals surface area contributed by atoms with E-state index in [1.807, 2.05) is 19.1 Å². The highest BCUT2D eigenvalue weighted by atomic mass is 16.3. The Balaban J connectivity index is 1.80. The first-order chi connectivity index (χ1) is 14.2. The van der Waals surface area contributed by atoms with Crippen LogP contribution in [0.15, 0.2) is 66.3 Å². The van der Waals surface area contributed by atoms with E-state index >= 15 is 0 Å². The fourth-order valence-electron chi connectivity index (χ4n) is 5.77. The van der Waals surface area contributed by atoms with Gasteiger partial charge in [-0.3, -0.25) is 9.59 Å². The lowest BCUT2D eigenvalue weighted by Gasteiger charge is -2.56. The first-order valence-corrected chi connectivity index (χ1v) is 9.99. The molecular weight excluding hydrogens is 380 g/mol. The van der Waals surface area contributed by atoms with Crippen molar-refractivity contribution in [2.45, 2.75) is 24.9 Å². The minimum atomic E-state index is -1.62. The summed E-state index contributed by atoms with van der Waals surface area (Å²) < 4.78 is 0. The zero-order valence-electron chi connectivity index (χ0n) is 16.7. The summed E-state index contributed by atoms with van der Waals surface area (Å²) in [6, 6.07) is 13.0. The van der Waals surface area contributed by atoms with Gasteiger partial charge in [-0.2, -0.15) is 0 Å². The second-order valence-corrected chi connectivity index (χ2v) is 8.81. The van der Waals surface area contributed by atoms with Gasteiger partial charge in [0, 0.05) is 22.8 Å². The van der Waals surface area contributed by atoms with Gasteiger partial charge in [0.15, 0.2) is 11.6 Å².